The first-order chi connectivity index (χ1) is 18.5. The van der Waals surface area contributed by atoms with Crippen molar-refractivity contribution in [2.75, 3.05) is 5.32 Å². The number of hydrogen-bond donors (Lipinski definition) is 3. The quantitative estimate of drug-likeness (QED) is 0.267. The normalized spacial score (nSPS) is 12.2. The maximum atomic E-state index is 14.2. The van der Waals surface area contributed by atoms with Gasteiger partial charge in [-0.1, -0.05) is 59.1 Å². The average Bonchev–Trinajstić information content (AvgIpc) is 3.61. The molecule has 3 aromatic rings. The summed E-state index contributed by atoms with van der Waals surface area (Å²) in [6.45, 7) is 5.98. The molecule has 0 saturated carbocycles. The number of rotatable bonds is 8. The van der Waals surface area contributed by atoms with Crippen molar-refractivity contribution in [3.05, 3.63) is 113 Å². The molecule has 8 heteroatoms. The molecule has 1 aromatic heterocycles. The fraction of sp³-hybridized carbons (Fsp3) is 0.219. The minimum absolute atomic E-state index is 0. The zero-order valence-corrected chi connectivity index (χ0v) is 21.5. The Morgan fingerprint density at radius 3 is 2.55 bits per heavy atom. The largest absolute Gasteiger partial charge is 0.457 e. The fourth-order valence-corrected chi connectivity index (χ4v) is 3.81. The van der Waals surface area contributed by atoms with Crippen LogP contribution in [0.4, 0.5) is 10.2 Å². The van der Waals surface area contributed by atoms with Crippen LogP contribution in [0.1, 0.15) is 65.0 Å². The lowest BCUT2D eigenvalue weighted by Crippen LogP contribution is -2.23. The summed E-state index contributed by atoms with van der Waals surface area (Å²) in [5.41, 5.74) is 3.62. The van der Waals surface area contributed by atoms with Gasteiger partial charge in [-0.05, 0) is 49.2 Å². The Morgan fingerprint density at radius 1 is 1.10 bits per heavy atom. The standard InChI is InChI=1S/C28H23FN4O3.C2H6.2CH4.2H2/c1-17-21(28(35)32-15-18-9-10-22(23(29)13-18)24-16-31-24)7-4-8-25(17)36-20-11-12-30-26(14-20)33-27(34)19-5-2-3-6-19;1-2;;;;/h2,4-14,16,31H,3,15H2,1H3,(H,32,35)(H,30,33,34);1-2H3;2*1H4;2*1H. The molecule has 2 amide bonds. The Labute approximate surface area is 238 Å². The average molecular weight is 549 g/mol. The Bertz CT molecular complexity index is 1470. The monoisotopic (exact) mass is 548 g/mol. The SMILES string of the molecule is C.C.CC.Cc1c(Oc2ccnc(NC(=O)C3=CCC=C3)c2)cccc1C(=O)NCc1ccc(C2=CN2)c(F)c1.[HH].[HH]. The van der Waals surface area contributed by atoms with E-state index in [9.17, 15) is 14.0 Å². The van der Waals surface area contributed by atoms with Gasteiger partial charge in [-0.15, -0.1) is 0 Å². The molecule has 40 heavy (non-hydrogen) atoms. The maximum Gasteiger partial charge on any atom is 0.256 e. The number of anilines is 1. The number of pyridine rings is 1. The Kier molecular flexibility index (Phi) is 11.4. The van der Waals surface area contributed by atoms with Crippen LogP contribution in [0.2, 0.25) is 0 Å². The van der Waals surface area contributed by atoms with E-state index in [1.165, 1.54) is 12.3 Å². The summed E-state index contributed by atoms with van der Waals surface area (Å²) in [5, 5.41) is 8.47. The van der Waals surface area contributed by atoms with Gasteiger partial charge in [0.1, 0.15) is 23.1 Å². The van der Waals surface area contributed by atoms with Crippen LogP contribution in [0.3, 0.4) is 0 Å². The molecule has 214 valence electrons. The summed E-state index contributed by atoms with van der Waals surface area (Å²) in [6, 6.07) is 13.4. The van der Waals surface area contributed by atoms with Crippen molar-refractivity contribution in [3.63, 3.8) is 0 Å². The number of hydrogen-bond acceptors (Lipinski definition) is 5. The zero-order chi connectivity index (χ0) is 27.1. The van der Waals surface area contributed by atoms with Gasteiger partial charge in [0, 0.05) is 50.1 Å². The molecular weight excluding hydrogens is 507 g/mol. The number of amides is 2. The third-order valence-electron chi connectivity index (χ3n) is 5.83. The summed E-state index contributed by atoms with van der Waals surface area (Å²) in [7, 11) is 0. The van der Waals surface area contributed by atoms with E-state index in [0.29, 0.717) is 45.1 Å². The van der Waals surface area contributed by atoms with Crippen molar-refractivity contribution in [3.8, 4) is 11.5 Å². The van der Waals surface area contributed by atoms with Crippen LogP contribution in [-0.4, -0.2) is 16.8 Å². The minimum atomic E-state index is -0.339. The lowest BCUT2D eigenvalue weighted by molar-refractivity contribution is -0.112. The van der Waals surface area contributed by atoms with Crippen LogP contribution in [0, 0.1) is 12.7 Å². The van der Waals surface area contributed by atoms with Crippen LogP contribution >= 0.6 is 0 Å². The predicted octanol–water partition coefficient (Wildman–Crippen LogP) is 7.77. The number of allylic oxidation sites excluding steroid dienone is 2. The third kappa shape index (κ3) is 7.66. The summed E-state index contributed by atoms with van der Waals surface area (Å²) in [5.74, 6) is 0.445. The van der Waals surface area contributed by atoms with Crippen molar-refractivity contribution in [2.24, 2.45) is 0 Å². The molecule has 0 radical (unpaired) electrons. The second-order valence-electron chi connectivity index (χ2n) is 8.36. The van der Waals surface area contributed by atoms with Gasteiger partial charge < -0.3 is 20.7 Å². The number of nitrogens with one attached hydrogen (secondary N) is 3. The molecule has 0 fully saturated rings. The molecule has 0 atom stereocenters. The summed E-state index contributed by atoms with van der Waals surface area (Å²) >= 11 is 0. The van der Waals surface area contributed by atoms with Gasteiger partial charge in [-0.2, -0.15) is 0 Å². The highest BCUT2D eigenvalue weighted by Crippen LogP contribution is 2.28. The zero-order valence-electron chi connectivity index (χ0n) is 21.5. The molecule has 7 nitrogen and oxygen atoms in total. The Balaban J connectivity index is 0.00000274. The number of halogens is 1. The molecule has 0 saturated heterocycles. The van der Waals surface area contributed by atoms with E-state index >= 15 is 0 Å². The van der Waals surface area contributed by atoms with E-state index in [0.717, 1.165) is 12.1 Å². The summed E-state index contributed by atoms with van der Waals surface area (Å²) in [4.78, 5) is 29.4. The van der Waals surface area contributed by atoms with E-state index in [2.05, 4.69) is 20.9 Å². The first-order valence-corrected chi connectivity index (χ1v) is 12.4. The highest BCUT2D eigenvalue weighted by atomic mass is 19.1. The van der Waals surface area contributed by atoms with Gasteiger partial charge in [-0.25, -0.2) is 9.37 Å². The Hall–Kier alpha value is -4.72. The van der Waals surface area contributed by atoms with Gasteiger partial charge in [0.25, 0.3) is 11.8 Å². The van der Waals surface area contributed by atoms with Crippen molar-refractivity contribution >= 4 is 23.3 Å². The lowest BCUT2D eigenvalue weighted by Gasteiger charge is -2.13. The molecule has 0 bridgehead atoms. The Morgan fingerprint density at radius 2 is 1.88 bits per heavy atom. The number of aromatic nitrogens is 1. The van der Waals surface area contributed by atoms with Crippen LogP contribution in [-0.2, 0) is 11.3 Å². The smallest absolute Gasteiger partial charge is 0.256 e. The second kappa shape index (κ2) is 14.4. The van der Waals surface area contributed by atoms with Gasteiger partial charge >= 0.3 is 0 Å². The van der Waals surface area contributed by atoms with Crippen molar-refractivity contribution in [2.45, 2.75) is 48.6 Å². The highest BCUT2D eigenvalue weighted by molar-refractivity contribution is 6.05. The van der Waals surface area contributed by atoms with Crippen LogP contribution in [0.25, 0.3) is 5.70 Å². The molecule has 5 rings (SSSR count). The van der Waals surface area contributed by atoms with Gasteiger partial charge in [-0.3, -0.25) is 9.59 Å². The molecule has 2 heterocycles. The van der Waals surface area contributed by atoms with Gasteiger partial charge in [0.05, 0.1) is 5.70 Å². The molecule has 1 aliphatic carbocycles. The first kappa shape index (κ1) is 31.5. The molecule has 3 N–H and O–H groups in total. The van der Waals surface area contributed by atoms with E-state index in [1.807, 2.05) is 26.0 Å². The number of carbonyl (C=O) groups excluding carboxylic acids is 2. The second-order valence-corrected chi connectivity index (χ2v) is 8.36. The van der Waals surface area contributed by atoms with Gasteiger partial charge in [0.2, 0.25) is 0 Å². The minimum Gasteiger partial charge on any atom is -0.457 e. The molecule has 2 aromatic carbocycles. The van der Waals surface area contributed by atoms with Crippen LogP contribution < -0.4 is 20.7 Å². The van der Waals surface area contributed by atoms with E-state index in [4.69, 9.17) is 4.74 Å². The van der Waals surface area contributed by atoms with E-state index < -0.39 is 0 Å². The van der Waals surface area contributed by atoms with Gasteiger partial charge in [0.15, 0.2) is 0 Å². The highest BCUT2D eigenvalue weighted by Gasteiger charge is 2.17. The van der Waals surface area contributed by atoms with Crippen molar-refractivity contribution < 1.29 is 21.6 Å². The number of carbonyl (C=O) groups is 2. The molecule has 2 aliphatic rings. The summed E-state index contributed by atoms with van der Waals surface area (Å²) < 4.78 is 20.3. The predicted molar refractivity (Wildman–Crippen MR) is 164 cm³/mol. The molecule has 0 spiro atoms. The van der Waals surface area contributed by atoms with Crippen LogP contribution in [0.15, 0.2) is 84.7 Å². The molecular formula is C32H41FN4O3. The lowest BCUT2D eigenvalue weighted by atomic mass is 10.1. The maximum absolute atomic E-state index is 14.2. The van der Waals surface area contributed by atoms with E-state index in [-0.39, 0.29) is 41.9 Å². The molecule has 1 aliphatic heterocycles. The fourth-order valence-electron chi connectivity index (χ4n) is 3.81. The first-order valence-electron chi connectivity index (χ1n) is 12.4. The number of benzene rings is 2. The third-order valence-corrected chi connectivity index (χ3v) is 5.83. The van der Waals surface area contributed by atoms with Crippen molar-refractivity contribution in [1.82, 2.24) is 15.6 Å². The van der Waals surface area contributed by atoms with Crippen molar-refractivity contribution in [1.29, 1.82) is 0 Å². The van der Waals surface area contributed by atoms with E-state index in [1.54, 1.807) is 61.7 Å². The topological polar surface area (TPSA) is 102 Å². The summed E-state index contributed by atoms with van der Waals surface area (Å²) in [6.07, 6.45) is 9.52. The number of ether oxygens (including phenoxy) is 1. The number of nitrogens with zero attached hydrogens (tertiary/aromatic N) is 1. The van der Waals surface area contributed by atoms with Crippen LogP contribution in [0.5, 0.6) is 11.5 Å². The molecule has 0 unspecified atom stereocenters.